The molecule has 0 amide bonds. The monoisotopic (exact) mass is 698 g/mol. The molecular weight excluding hydrogens is 645 g/mol. The fraction of sp³-hybridized carbons (Fsp3) is 0.469. The van der Waals surface area contributed by atoms with Crippen LogP contribution in [-0.2, 0) is 10.8 Å². The highest BCUT2D eigenvalue weighted by molar-refractivity contribution is 5.98. The van der Waals surface area contributed by atoms with Crippen molar-refractivity contribution >= 4 is 10.8 Å². The molecule has 0 spiro atoms. The second kappa shape index (κ2) is 13.5. The summed E-state index contributed by atoms with van der Waals surface area (Å²) in [5.41, 5.74) is 7.10. The van der Waals surface area contributed by atoms with Gasteiger partial charge in [0.05, 0.1) is 11.6 Å². The minimum atomic E-state index is 0.138. The van der Waals surface area contributed by atoms with Crippen LogP contribution in [0.4, 0.5) is 0 Å². The Morgan fingerprint density at radius 2 is 1.17 bits per heavy atom. The van der Waals surface area contributed by atoms with Gasteiger partial charge in [-0.05, 0) is 133 Å². The molecule has 4 aliphatic rings. The molecule has 2 unspecified atom stereocenters. The minimum absolute atomic E-state index is 0.138. The number of rotatable bonds is 6. The average molecular weight is 699 g/mol. The van der Waals surface area contributed by atoms with Crippen molar-refractivity contribution in [3.05, 3.63) is 102 Å². The van der Waals surface area contributed by atoms with E-state index in [0.717, 1.165) is 62.9 Å². The molecule has 4 bridgehead atoms. The maximum absolute atomic E-state index is 9.97. The molecule has 0 aliphatic heterocycles. The number of benzene rings is 4. The lowest BCUT2D eigenvalue weighted by Crippen LogP contribution is -2.43. The summed E-state index contributed by atoms with van der Waals surface area (Å²) in [7, 11) is 0. The highest BCUT2D eigenvalue weighted by atomic mass is 15.0. The Balaban J connectivity index is 1.20. The van der Waals surface area contributed by atoms with Gasteiger partial charge in [0.25, 0.3) is 0 Å². The van der Waals surface area contributed by atoms with E-state index in [0.29, 0.717) is 23.1 Å². The van der Waals surface area contributed by atoms with Gasteiger partial charge in [0, 0.05) is 22.1 Å². The van der Waals surface area contributed by atoms with Gasteiger partial charge in [0.15, 0.2) is 17.5 Å². The van der Waals surface area contributed by atoms with Crippen LogP contribution < -0.4 is 0 Å². The number of fused-ring (bicyclic) bond motifs is 5. The van der Waals surface area contributed by atoms with Gasteiger partial charge >= 0.3 is 0 Å². The van der Waals surface area contributed by atoms with E-state index < -0.39 is 0 Å². The summed E-state index contributed by atoms with van der Waals surface area (Å²) in [6.45, 7) is 9.78. The maximum Gasteiger partial charge on any atom is 0.164 e. The average Bonchev–Trinajstić information content (AvgIpc) is 3.16. The van der Waals surface area contributed by atoms with Crippen molar-refractivity contribution in [2.45, 2.75) is 109 Å². The summed E-state index contributed by atoms with van der Waals surface area (Å²) in [6.07, 6.45) is 14.4. The highest BCUT2D eigenvalue weighted by Crippen LogP contribution is 2.57. The summed E-state index contributed by atoms with van der Waals surface area (Å²) < 4.78 is 0. The first-order valence-corrected chi connectivity index (χ1v) is 20.6. The molecule has 0 N–H and O–H groups in total. The van der Waals surface area contributed by atoms with Crippen LogP contribution in [0, 0.1) is 46.8 Å². The molecule has 0 saturated heterocycles. The molecule has 4 fully saturated rings. The first kappa shape index (κ1) is 34.4. The fourth-order valence-electron chi connectivity index (χ4n) is 12.7. The zero-order chi connectivity index (χ0) is 36.3. The summed E-state index contributed by atoms with van der Waals surface area (Å²) in [4.78, 5) is 16.0. The van der Waals surface area contributed by atoms with Crippen LogP contribution in [0.1, 0.15) is 115 Å². The minimum Gasteiger partial charge on any atom is -0.208 e. The van der Waals surface area contributed by atoms with E-state index in [1.54, 1.807) is 0 Å². The van der Waals surface area contributed by atoms with Crippen molar-refractivity contribution in [1.29, 1.82) is 5.26 Å². The summed E-state index contributed by atoms with van der Waals surface area (Å²) in [6, 6.07) is 32.9. The Labute approximate surface area is 316 Å². The molecule has 1 aromatic heterocycles. The van der Waals surface area contributed by atoms with Gasteiger partial charge in [-0.2, -0.15) is 5.26 Å². The molecule has 4 aliphatic carbocycles. The lowest BCUT2D eigenvalue weighted by molar-refractivity contribution is 0.0705. The third-order valence-electron chi connectivity index (χ3n) is 14.1. The third-order valence-corrected chi connectivity index (χ3v) is 14.1. The van der Waals surface area contributed by atoms with Crippen molar-refractivity contribution in [2.24, 2.45) is 35.5 Å². The molecule has 270 valence electrons. The Kier molecular flexibility index (Phi) is 8.76. The number of nitriles is 1. The van der Waals surface area contributed by atoms with Crippen LogP contribution in [0.25, 0.3) is 44.9 Å². The van der Waals surface area contributed by atoms with Crippen LogP contribution in [0.3, 0.4) is 0 Å². The molecular formula is C49H54N4. The van der Waals surface area contributed by atoms with Crippen molar-refractivity contribution in [3.63, 3.8) is 0 Å². The SMILES string of the molecule is CC[C@H]1C[C@H]2C[C@@H](C)CC(c3ccccc3-c3nc(-c4ccc(C56C[C@H](C)C[C@H](C[C@H](C)C5)C6)cc4)nc(-c4cccc5c(C#N)cccc45)n3)(C2)C1. The number of hydrogen-bond donors (Lipinski definition) is 0. The lowest BCUT2D eigenvalue weighted by Gasteiger charge is -2.51. The maximum atomic E-state index is 9.97. The van der Waals surface area contributed by atoms with E-state index in [4.69, 9.17) is 15.0 Å². The van der Waals surface area contributed by atoms with E-state index in [2.05, 4.69) is 94.4 Å². The predicted molar refractivity (Wildman–Crippen MR) is 216 cm³/mol. The Morgan fingerprint density at radius 3 is 1.89 bits per heavy atom. The summed E-state index contributed by atoms with van der Waals surface area (Å²) in [5, 5.41) is 11.9. The van der Waals surface area contributed by atoms with E-state index in [1.807, 2.05) is 24.3 Å². The van der Waals surface area contributed by atoms with Gasteiger partial charge in [-0.1, -0.05) is 113 Å². The van der Waals surface area contributed by atoms with Gasteiger partial charge in [-0.25, -0.2) is 15.0 Å². The molecule has 5 aromatic rings. The molecule has 4 saturated carbocycles. The first-order chi connectivity index (χ1) is 25.7. The van der Waals surface area contributed by atoms with E-state index in [-0.39, 0.29) is 10.8 Å². The van der Waals surface area contributed by atoms with Gasteiger partial charge in [0.1, 0.15) is 0 Å². The number of hydrogen-bond acceptors (Lipinski definition) is 4. The van der Waals surface area contributed by atoms with E-state index in [9.17, 15) is 5.26 Å². The van der Waals surface area contributed by atoms with Crippen LogP contribution in [-0.4, -0.2) is 15.0 Å². The predicted octanol–water partition coefficient (Wildman–Crippen LogP) is 12.5. The molecule has 53 heavy (non-hydrogen) atoms. The largest absolute Gasteiger partial charge is 0.208 e. The van der Waals surface area contributed by atoms with Crippen LogP contribution in [0.2, 0.25) is 0 Å². The zero-order valence-electron chi connectivity index (χ0n) is 32.1. The first-order valence-electron chi connectivity index (χ1n) is 20.6. The second-order valence-corrected chi connectivity index (χ2v) is 18.3. The molecule has 4 nitrogen and oxygen atoms in total. The Bertz CT molecular complexity index is 2170. The van der Waals surface area contributed by atoms with Crippen LogP contribution in [0.15, 0.2) is 84.9 Å². The second-order valence-electron chi connectivity index (χ2n) is 18.3. The van der Waals surface area contributed by atoms with Crippen LogP contribution in [0.5, 0.6) is 0 Å². The van der Waals surface area contributed by atoms with Crippen molar-refractivity contribution < 1.29 is 0 Å². The van der Waals surface area contributed by atoms with Crippen LogP contribution >= 0.6 is 0 Å². The molecule has 1 heterocycles. The molecule has 4 aromatic carbocycles. The fourth-order valence-corrected chi connectivity index (χ4v) is 12.7. The standard InChI is InChI=1S/C49H54N4/c1-5-34-23-36-22-33(4)26-49(27-34,29-36)44-15-7-6-11-43(44)47-52-45(51-46(53-47)42-14-9-12-40-38(30-50)10-8-13-41(40)42)37-16-18-39(19-17-37)48-24-31(2)20-35(28-48)21-32(3)25-48/h6-19,31-36H,5,20-29H2,1-4H3/t31-,32+,33-,34+,35-,36-,48?,49?/m1/s1. The Hall–Kier alpha value is -4.36. The zero-order valence-corrected chi connectivity index (χ0v) is 32.1. The summed E-state index contributed by atoms with van der Waals surface area (Å²) >= 11 is 0. The van der Waals surface area contributed by atoms with Crippen molar-refractivity contribution in [2.75, 3.05) is 0 Å². The smallest absolute Gasteiger partial charge is 0.164 e. The van der Waals surface area contributed by atoms with E-state index in [1.165, 1.54) is 81.8 Å². The quantitative estimate of drug-likeness (QED) is 0.177. The topological polar surface area (TPSA) is 62.5 Å². The lowest BCUT2D eigenvalue weighted by atomic mass is 9.53. The molecule has 0 radical (unpaired) electrons. The molecule has 9 rings (SSSR count). The molecule has 4 heteroatoms. The van der Waals surface area contributed by atoms with E-state index >= 15 is 0 Å². The molecule has 8 atom stereocenters. The highest BCUT2D eigenvalue weighted by Gasteiger charge is 2.47. The normalized spacial score (nSPS) is 30.8. The van der Waals surface area contributed by atoms with Gasteiger partial charge in [-0.15, -0.1) is 0 Å². The van der Waals surface area contributed by atoms with Gasteiger partial charge < -0.3 is 0 Å². The third kappa shape index (κ3) is 6.19. The number of nitrogens with zero attached hydrogens (tertiary/aromatic N) is 4. The Morgan fingerprint density at radius 1 is 0.585 bits per heavy atom. The van der Waals surface area contributed by atoms with Crippen molar-refractivity contribution in [3.8, 4) is 40.2 Å². The summed E-state index contributed by atoms with van der Waals surface area (Å²) in [5.74, 6) is 6.78. The number of aromatic nitrogens is 3. The van der Waals surface area contributed by atoms with Gasteiger partial charge in [-0.3, -0.25) is 0 Å². The van der Waals surface area contributed by atoms with Gasteiger partial charge in [0.2, 0.25) is 0 Å². The van der Waals surface area contributed by atoms with Crippen molar-refractivity contribution in [1.82, 2.24) is 15.0 Å².